The third-order valence-electron chi connectivity index (χ3n) is 4.71. The highest BCUT2D eigenvalue weighted by molar-refractivity contribution is 5.88. The number of carbonyl (C=O) groups is 3. The first kappa shape index (κ1) is 29.6. The second-order valence-electron chi connectivity index (χ2n) is 8.08. The Morgan fingerprint density at radius 3 is 1.94 bits per heavy atom. The van der Waals surface area contributed by atoms with Gasteiger partial charge in [-0.15, -0.1) is 0 Å². The van der Waals surface area contributed by atoms with E-state index in [0.29, 0.717) is 18.7 Å². The summed E-state index contributed by atoms with van der Waals surface area (Å²) in [7, 11) is 4.01. The van der Waals surface area contributed by atoms with Gasteiger partial charge in [-0.05, 0) is 37.9 Å². The van der Waals surface area contributed by atoms with Gasteiger partial charge in [0.25, 0.3) is 0 Å². The van der Waals surface area contributed by atoms with E-state index in [9.17, 15) is 23.2 Å². The van der Waals surface area contributed by atoms with Crippen LogP contribution in [0.4, 0.5) is 8.78 Å². The SMILES string of the molecule is CN(C)CCN(Cc1ccncc1)Cc1ccc(F)cc1F.O=C(O)CC(O)(CC(=O)O)C(=O)O. The molecule has 0 bridgehead atoms. The lowest BCUT2D eigenvalue weighted by atomic mass is 9.96. The van der Waals surface area contributed by atoms with Crippen molar-refractivity contribution >= 4 is 17.9 Å². The standard InChI is InChI=1S/C17H21F2N3.C6H8O7/c1-21(2)9-10-22(12-14-5-7-20-8-6-14)13-15-3-4-16(18)11-17(15)19;7-3(8)1-6(13,5(11)12)2-4(9)10/h3-8,11H,9-10,12-13H2,1-2H3;13H,1-2H2,(H,7,8)(H,9,10)(H,11,12). The number of nitrogens with zero attached hydrogens (tertiary/aromatic N) is 3. The molecule has 0 amide bonds. The van der Waals surface area contributed by atoms with Crippen molar-refractivity contribution in [1.82, 2.24) is 14.8 Å². The van der Waals surface area contributed by atoms with Gasteiger partial charge in [-0.3, -0.25) is 19.5 Å². The van der Waals surface area contributed by atoms with Crippen molar-refractivity contribution in [1.29, 1.82) is 0 Å². The number of halogens is 2. The van der Waals surface area contributed by atoms with Crippen molar-refractivity contribution in [3.63, 3.8) is 0 Å². The zero-order chi connectivity index (χ0) is 26.6. The third kappa shape index (κ3) is 11.5. The molecule has 2 aromatic rings. The van der Waals surface area contributed by atoms with Crippen molar-refractivity contribution in [2.75, 3.05) is 27.2 Å². The molecule has 0 saturated heterocycles. The highest BCUT2D eigenvalue weighted by atomic mass is 19.1. The number of hydrogen-bond acceptors (Lipinski definition) is 7. The lowest BCUT2D eigenvalue weighted by molar-refractivity contribution is -0.170. The molecule has 0 radical (unpaired) electrons. The molecule has 0 aliphatic rings. The molecule has 0 aliphatic carbocycles. The van der Waals surface area contributed by atoms with Gasteiger partial charge in [-0.2, -0.15) is 0 Å². The quantitative estimate of drug-likeness (QED) is 0.341. The number of likely N-dealkylation sites (N-methyl/N-ethyl adjacent to an activating group) is 1. The Labute approximate surface area is 201 Å². The minimum atomic E-state index is -2.74. The normalized spacial score (nSPS) is 11.2. The Morgan fingerprint density at radius 2 is 1.49 bits per heavy atom. The summed E-state index contributed by atoms with van der Waals surface area (Å²) in [5.41, 5.74) is -1.11. The van der Waals surface area contributed by atoms with Gasteiger partial charge in [0.1, 0.15) is 11.6 Å². The summed E-state index contributed by atoms with van der Waals surface area (Å²) in [6.45, 7) is 2.81. The first-order valence-corrected chi connectivity index (χ1v) is 10.4. The van der Waals surface area contributed by atoms with E-state index in [2.05, 4.69) is 14.8 Å². The fourth-order valence-corrected chi connectivity index (χ4v) is 2.91. The Morgan fingerprint density at radius 1 is 0.914 bits per heavy atom. The number of aliphatic hydroxyl groups is 1. The molecular weight excluding hydrogens is 468 g/mol. The Hall–Kier alpha value is -3.48. The molecule has 10 nitrogen and oxygen atoms in total. The van der Waals surface area contributed by atoms with Gasteiger partial charge in [-0.1, -0.05) is 6.07 Å². The number of carboxylic acids is 3. The predicted molar refractivity (Wildman–Crippen MR) is 120 cm³/mol. The van der Waals surface area contributed by atoms with Crippen molar-refractivity contribution in [2.45, 2.75) is 31.5 Å². The molecule has 1 aromatic carbocycles. The molecule has 0 fully saturated rings. The van der Waals surface area contributed by atoms with Crippen LogP contribution in [0.3, 0.4) is 0 Å². The summed E-state index contributed by atoms with van der Waals surface area (Å²) in [4.78, 5) is 38.7. The molecule has 12 heteroatoms. The molecule has 4 N–H and O–H groups in total. The smallest absolute Gasteiger partial charge is 0.336 e. The summed E-state index contributed by atoms with van der Waals surface area (Å²) < 4.78 is 26.9. The van der Waals surface area contributed by atoms with E-state index in [4.69, 9.17) is 20.4 Å². The number of aliphatic carboxylic acids is 3. The van der Waals surface area contributed by atoms with Crippen molar-refractivity contribution in [3.05, 3.63) is 65.5 Å². The van der Waals surface area contributed by atoms with Crippen LogP contribution in [-0.4, -0.2) is 85.9 Å². The number of carboxylic acid groups (broad SMARTS) is 3. The van der Waals surface area contributed by atoms with Gasteiger partial charge in [0.2, 0.25) is 0 Å². The van der Waals surface area contributed by atoms with Crippen molar-refractivity contribution < 1.29 is 43.6 Å². The second-order valence-corrected chi connectivity index (χ2v) is 8.08. The third-order valence-corrected chi connectivity index (χ3v) is 4.71. The fourth-order valence-electron chi connectivity index (χ4n) is 2.91. The van der Waals surface area contributed by atoms with Gasteiger partial charge in [0.15, 0.2) is 5.60 Å². The van der Waals surface area contributed by atoms with Gasteiger partial charge >= 0.3 is 17.9 Å². The van der Waals surface area contributed by atoms with E-state index < -0.39 is 48.0 Å². The van der Waals surface area contributed by atoms with Crippen LogP contribution in [0.15, 0.2) is 42.7 Å². The molecular formula is C23H29F2N3O7. The summed E-state index contributed by atoms with van der Waals surface area (Å²) in [6.07, 6.45) is 1.21. The second kappa shape index (κ2) is 14.0. The average molecular weight is 497 g/mol. The molecule has 0 aliphatic heterocycles. The average Bonchev–Trinajstić information content (AvgIpc) is 2.74. The number of aromatic nitrogens is 1. The van der Waals surface area contributed by atoms with Crippen LogP contribution in [0.25, 0.3) is 0 Å². The number of benzene rings is 1. The molecule has 0 spiro atoms. The van der Waals surface area contributed by atoms with E-state index in [1.807, 2.05) is 26.2 Å². The number of rotatable bonds is 12. The van der Waals surface area contributed by atoms with E-state index in [-0.39, 0.29) is 0 Å². The molecule has 1 aromatic heterocycles. The molecule has 1 heterocycles. The van der Waals surface area contributed by atoms with Gasteiger partial charge < -0.3 is 25.3 Å². The van der Waals surface area contributed by atoms with Gasteiger partial charge in [0, 0.05) is 50.2 Å². The van der Waals surface area contributed by atoms with Crippen LogP contribution in [-0.2, 0) is 27.5 Å². The van der Waals surface area contributed by atoms with Crippen molar-refractivity contribution in [3.8, 4) is 0 Å². The molecule has 2 rings (SSSR count). The summed E-state index contributed by atoms with van der Waals surface area (Å²) in [6, 6.07) is 7.65. The van der Waals surface area contributed by atoms with E-state index in [1.165, 1.54) is 12.1 Å². The fraction of sp³-hybridized carbons (Fsp3) is 0.391. The number of hydrogen-bond donors (Lipinski definition) is 4. The highest BCUT2D eigenvalue weighted by Crippen LogP contribution is 2.16. The lowest BCUT2D eigenvalue weighted by Crippen LogP contribution is -2.42. The maximum absolute atomic E-state index is 13.9. The molecule has 35 heavy (non-hydrogen) atoms. The van der Waals surface area contributed by atoms with Crippen molar-refractivity contribution in [2.24, 2.45) is 0 Å². The van der Waals surface area contributed by atoms with Crippen LogP contribution >= 0.6 is 0 Å². The van der Waals surface area contributed by atoms with Gasteiger partial charge in [-0.25, -0.2) is 13.6 Å². The monoisotopic (exact) mass is 497 g/mol. The minimum absolute atomic E-state index is 0.447. The van der Waals surface area contributed by atoms with Gasteiger partial charge in [0.05, 0.1) is 12.8 Å². The molecule has 0 saturated carbocycles. The Balaban J connectivity index is 0.000000405. The van der Waals surface area contributed by atoms with Crippen LogP contribution in [0, 0.1) is 11.6 Å². The van der Waals surface area contributed by atoms with Crippen LogP contribution < -0.4 is 0 Å². The maximum Gasteiger partial charge on any atom is 0.336 e. The summed E-state index contributed by atoms with van der Waals surface area (Å²) in [5, 5.41) is 33.8. The Kier molecular flexibility index (Phi) is 11.9. The molecule has 0 unspecified atom stereocenters. The molecule has 0 atom stereocenters. The van der Waals surface area contributed by atoms with Crippen LogP contribution in [0.1, 0.15) is 24.0 Å². The zero-order valence-corrected chi connectivity index (χ0v) is 19.4. The predicted octanol–water partition coefficient (Wildman–Crippen LogP) is 1.68. The topological polar surface area (TPSA) is 152 Å². The molecule has 192 valence electrons. The number of pyridine rings is 1. The Bertz CT molecular complexity index is 974. The maximum atomic E-state index is 13.9. The summed E-state index contributed by atoms with van der Waals surface area (Å²) >= 11 is 0. The van der Waals surface area contributed by atoms with E-state index in [1.54, 1.807) is 12.4 Å². The first-order valence-electron chi connectivity index (χ1n) is 10.4. The van der Waals surface area contributed by atoms with E-state index in [0.717, 1.165) is 24.7 Å². The summed E-state index contributed by atoms with van der Waals surface area (Å²) in [5.74, 6) is -6.06. The largest absolute Gasteiger partial charge is 0.481 e. The lowest BCUT2D eigenvalue weighted by Gasteiger charge is -2.24. The van der Waals surface area contributed by atoms with Crippen LogP contribution in [0.2, 0.25) is 0 Å². The van der Waals surface area contributed by atoms with Crippen LogP contribution in [0.5, 0.6) is 0 Å². The van der Waals surface area contributed by atoms with E-state index >= 15 is 0 Å². The zero-order valence-electron chi connectivity index (χ0n) is 19.4. The minimum Gasteiger partial charge on any atom is -0.481 e. The highest BCUT2D eigenvalue weighted by Gasteiger charge is 2.40. The first-order chi connectivity index (χ1) is 16.3.